The molecule has 0 aliphatic heterocycles. The number of pyridine rings is 1. The number of primary sulfonamides is 1. The molecule has 27 heavy (non-hydrogen) atoms. The average molecular weight is 388 g/mol. The van der Waals surface area contributed by atoms with Crippen LogP contribution in [0.5, 0.6) is 0 Å². The molecular formula is C19H24N4O3S. The molecule has 1 aliphatic carbocycles. The molecule has 3 rings (SSSR count). The van der Waals surface area contributed by atoms with Crippen LogP contribution in [-0.4, -0.2) is 31.9 Å². The highest BCUT2D eigenvalue weighted by Crippen LogP contribution is 2.22. The molecule has 1 aliphatic rings. The van der Waals surface area contributed by atoms with Gasteiger partial charge in [0.2, 0.25) is 10.0 Å². The molecule has 144 valence electrons. The quantitative estimate of drug-likeness (QED) is 0.672. The van der Waals surface area contributed by atoms with Crippen molar-refractivity contribution in [1.29, 1.82) is 0 Å². The molecule has 0 radical (unpaired) electrons. The third-order valence-corrected chi connectivity index (χ3v) is 5.60. The number of rotatable bonds is 7. The van der Waals surface area contributed by atoms with Crippen LogP contribution >= 0.6 is 0 Å². The number of nitrogens with one attached hydrogen (secondary N) is 2. The minimum atomic E-state index is -3.69. The number of amides is 1. The summed E-state index contributed by atoms with van der Waals surface area (Å²) in [5.74, 6) is -0.230. The maximum atomic E-state index is 12.3. The Hall–Kier alpha value is -2.45. The van der Waals surface area contributed by atoms with Gasteiger partial charge in [0.1, 0.15) is 5.69 Å². The number of benzene rings is 1. The van der Waals surface area contributed by atoms with Crippen molar-refractivity contribution in [2.75, 3.05) is 11.9 Å². The molecular weight excluding hydrogens is 364 g/mol. The monoisotopic (exact) mass is 388 g/mol. The van der Waals surface area contributed by atoms with E-state index in [-0.39, 0.29) is 10.8 Å². The Morgan fingerprint density at radius 2 is 1.85 bits per heavy atom. The number of hydrogen-bond acceptors (Lipinski definition) is 5. The van der Waals surface area contributed by atoms with E-state index in [2.05, 4.69) is 15.6 Å². The minimum absolute atomic E-state index is 0.0751. The Morgan fingerprint density at radius 3 is 2.52 bits per heavy atom. The van der Waals surface area contributed by atoms with E-state index in [0.717, 1.165) is 24.1 Å². The highest BCUT2D eigenvalue weighted by atomic mass is 32.2. The van der Waals surface area contributed by atoms with Crippen LogP contribution < -0.4 is 15.8 Å². The maximum Gasteiger partial charge on any atom is 0.269 e. The van der Waals surface area contributed by atoms with Gasteiger partial charge in [-0.25, -0.2) is 13.6 Å². The van der Waals surface area contributed by atoms with Gasteiger partial charge in [-0.1, -0.05) is 25.0 Å². The van der Waals surface area contributed by atoms with Gasteiger partial charge in [0.15, 0.2) is 0 Å². The summed E-state index contributed by atoms with van der Waals surface area (Å²) in [4.78, 5) is 16.5. The number of carbonyl (C=O) groups excluding carboxylic acids is 1. The average Bonchev–Trinajstić information content (AvgIpc) is 3.14. The number of nitrogens with two attached hydrogens (primary N) is 1. The second kappa shape index (κ2) is 8.49. The standard InChI is InChI=1S/C19H24N4O3S/c20-27(25,26)17-7-5-14(6-8-17)9-11-22-19(24)18-13-16(10-12-21-18)23-15-3-1-2-4-15/h5-8,10,12-13,15H,1-4,9,11H2,(H,21,23)(H,22,24)(H2,20,25,26). The van der Waals surface area contributed by atoms with Crippen molar-refractivity contribution >= 4 is 21.6 Å². The first-order valence-electron chi connectivity index (χ1n) is 9.04. The van der Waals surface area contributed by atoms with Crippen LogP contribution in [0.1, 0.15) is 41.7 Å². The topological polar surface area (TPSA) is 114 Å². The Labute approximate surface area is 159 Å². The molecule has 1 saturated carbocycles. The third-order valence-electron chi connectivity index (χ3n) is 4.67. The van der Waals surface area contributed by atoms with Crippen LogP contribution in [0.3, 0.4) is 0 Å². The maximum absolute atomic E-state index is 12.3. The minimum Gasteiger partial charge on any atom is -0.382 e. The van der Waals surface area contributed by atoms with Gasteiger partial charge >= 0.3 is 0 Å². The van der Waals surface area contributed by atoms with Crippen molar-refractivity contribution in [3.63, 3.8) is 0 Å². The lowest BCUT2D eigenvalue weighted by molar-refractivity contribution is 0.0949. The summed E-state index contributed by atoms with van der Waals surface area (Å²) < 4.78 is 22.5. The molecule has 1 aromatic heterocycles. The number of sulfonamides is 1. The summed E-state index contributed by atoms with van der Waals surface area (Å²) in [6.45, 7) is 0.426. The van der Waals surface area contributed by atoms with Crippen molar-refractivity contribution in [2.24, 2.45) is 5.14 Å². The number of aromatic nitrogens is 1. The van der Waals surface area contributed by atoms with Crippen LogP contribution in [0.15, 0.2) is 47.5 Å². The number of nitrogens with zero attached hydrogens (tertiary/aromatic N) is 1. The zero-order valence-corrected chi connectivity index (χ0v) is 15.8. The van der Waals surface area contributed by atoms with Gasteiger partial charge < -0.3 is 10.6 Å². The third kappa shape index (κ3) is 5.51. The van der Waals surface area contributed by atoms with Crippen molar-refractivity contribution in [3.8, 4) is 0 Å². The Balaban J connectivity index is 1.51. The van der Waals surface area contributed by atoms with E-state index in [4.69, 9.17) is 5.14 Å². The highest BCUT2D eigenvalue weighted by molar-refractivity contribution is 7.89. The van der Waals surface area contributed by atoms with Gasteiger partial charge in [0, 0.05) is 24.5 Å². The summed E-state index contributed by atoms with van der Waals surface area (Å²) in [6.07, 6.45) is 7.03. The molecule has 0 atom stereocenters. The second-order valence-corrected chi connectivity index (χ2v) is 8.31. The van der Waals surface area contributed by atoms with E-state index < -0.39 is 10.0 Å². The molecule has 1 heterocycles. The zero-order valence-electron chi connectivity index (χ0n) is 15.0. The fourth-order valence-corrected chi connectivity index (χ4v) is 3.72. The summed E-state index contributed by atoms with van der Waals surface area (Å²) in [5.41, 5.74) is 2.20. The van der Waals surface area contributed by atoms with Gasteiger partial charge in [-0.15, -0.1) is 0 Å². The van der Waals surface area contributed by atoms with Crippen molar-refractivity contribution in [2.45, 2.75) is 43.0 Å². The number of carbonyl (C=O) groups is 1. The predicted octanol–water partition coefficient (Wildman–Crippen LogP) is 2.06. The predicted molar refractivity (Wildman–Crippen MR) is 104 cm³/mol. The first-order chi connectivity index (χ1) is 12.9. The molecule has 7 nitrogen and oxygen atoms in total. The summed E-state index contributed by atoms with van der Waals surface area (Å²) in [5, 5.41) is 11.4. The molecule has 1 fully saturated rings. The van der Waals surface area contributed by atoms with Crippen LogP contribution in [0.4, 0.5) is 5.69 Å². The molecule has 0 spiro atoms. The summed E-state index contributed by atoms with van der Waals surface area (Å²) >= 11 is 0. The fourth-order valence-electron chi connectivity index (χ4n) is 3.21. The Bertz CT molecular complexity index is 891. The normalized spacial score (nSPS) is 14.9. The smallest absolute Gasteiger partial charge is 0.269 e. The Morgan fingerprint density at radius 1 is 1.15 bits per heavy atom. The molecule has 1 amide bonds. The Kier molecular flexibility index (Phi) is 6.08. The van der Waals surface area contributed by atoms with Gasteiger partial charge in [-0.2, -0.15) is 0 Å². The van der Waals surface area contributed by atoms with E-state index >= 15 is 0 Å². The molecule has 0 unspecified atom stereocenters. The first-order valence-corrected chi connectivity index (χ1v) is 10.6. The van der Waals surface area contributed by atoms with Gasteiger partial charge in [-0.05, 0) is 49.1 Å². The van der Waals surface area contributed by atoms with Crippen LogP contribution in [0.2, 0.25) is 0 Å². The molecule has 8 heteroatoms. The molecule has 2 aromatic rings. The second-order valence-electron chi connectivity index (χ2n) is 6.75. The molecule has 0 bridgehead atoms. The number of anilines is 1. The van der Waals surface area contributed by atoms with Crippen LogP contribution in [-0.2, 0) is 16.4 Å². The first kappa shape index (κ1) is 19.3. The van der Waals surface area contributed by atoms with Crippen molar-refractivity contribution in [3.05, 3.63) is 53.9 Å². The van der Waals surface area contributed by atoms with Crippen LogP contribution in [0, 0.1) is 0 Å². The lowest BCUT2D eigenvalue weighted by Gasteiger charge is -2.14. The van der Waals surface area contributed by atoms with Gasteiger partial charge in [-0.3, -0.25) is 9.78 Å². The van der Waals surface area contributed by atoms with Crippen LogP contribution in [0.25, 0.3) is 0 Å². The summed E-state index contributed by atoms with van der Waals surface area (Å²) in [7, 11) is -3.69. The number of hydrogen-bond donors (Lipinski definition) is 3. The van der Waals surface area contributed by atoms with Crippen molar-refractivity contribution in [1.82, 2.24) is 10.3 Å². The molecule has 1 aromatic carbocycles. The van der Waals surface area contributed by atoms with E-state index in [0.29, 0.717) is 24.7 Å². The van der Waals surface area contributed by atoms with E-state index in [9.17, 15) is 13.2 Å². The van der Waals surface area contributed by atoms with Gasteiger partial charge in [0.05, 0.1) is 4.90 Å². The lowest BCUT2D eigenvalue weighted by atomic mass is 10.1. The largest absolute Gasteiger partial charge is 0.382 e. The summed E-state index contributed by atoms with van der Waals surface area (Å²) in [6, 6.07) is 10.4. The van der Waals surface area contributed by atoms with Crippen molar-refractivity contribution < 1.29 is 13.2 Å². The molecule has 0 saturated heterocycles. The van der Waals surface area contributed by atoms with E-state index in [1.165, 1.54) is 25.0 Å². The fraction of sp³-hybridized carbons (Fsp3) is 0.368. The van der Waals surface area contributed by atoms with E-state index in [1.54, 1.807) is 24.4 Å². The SMILES string of the molecule is NS(=O)(=O)c1ccc(CCNC(=O)c2cc(NC3CCCC3)ccn2)cc1. The zero-order chi connectivity index (χ0) is 19.3. The highest BCUT2D eigenvalue weighted by Gasteiger charge is 2.15. The molecule has 4 N–H and O–H groups in total. The van der Waals surface area contributed by atoms with Gasteiger partial charge in [0.25, 0.3) is 5.91 Å². The lowest BCUT2D eigenvalue weighted by Crippen LogP contribution is -2.26. The van der Waals surface area contributed by atoms with E-state index in [1.807, 2.05) is 6.07 Å².